The average Bonchev–Trinajstić information content (AvgIpc) is 2.54. The number of anilines is 1. The molecule has 0 aliphatic rings. The Morgan fingerprint density at radius 2 is 1.91 bits per heavy atom. The van der Waals surface area contributed by atoms with Gasteiger partial charge in [0.25, 0.3) is 10.0 Å². The molecular formula is C16H16BrNO4S. The van der Waals surface area contributed by atoms with Gasteiger partial charge in [-0.3, -0.25) is 4.72 Å². The van der Waals surface area contributed by atoms with Crippen LogP contribution in [0.1, 0.15) is 0 Å². The SMILES string of the molecule is C=CCOc1ccc(NS(=O)(=O)c2ccc(OC)c(Br)c2)cc1. The van der Waals surface area contributed by atoms with Crippen LogP contribution < -0.4 is 14.2 Å². The summed E-state index contributed by atoms with van der Waals surface area (Å²) in [5.74, 6) is 1.20. The van der Waals surface area contributed by atoms with E-state index in [0.717, 1.165) is 0 Å². The van der Waals surface area contributed by atoms with Gasteiger partial charge in [-0.1, -0.05) is 12.7 Å². The Hall–Kier alpha value is -1.99. The molecule has 0 spiro atoms. The normalized spacial score (nSPS) is 10.9. The number of ether oxygens (including phenoxy) is 2. The summed E-state index contributed by atoms with van der Waals surface area (Å²) >= 11 is 3.28. The maximum atomic E-state index is 12.4. The third-order valence-corrected chi connectivity index (χ3v) is 4.91. The van der Waals surface area contributed by atoms with E-state index in [4.69, 9.17) is 9.47 Å². The fourth-order valence-corrected chi connectivity index (χ4v) is 3.58. The monoisotopic (exact) mass is 397 g/mol. The van der Waals surface area contributed by atoms with Crippen LogP contribution in [0.3, 0.4) is 0 Å². The minimum Gasteiger partial charge on any atom is -0.496 e. The highest BCUT2D eigenvalue weighted by molar-refractivity contribution is 9.10. The molecule has 0 aliphatic heterocycles. The van der Waals surface area contributed by atoms with Gasteiger partial charge in [-0.05, 0) is 58.4 Å². The van der Waals surface area contributed by atoms with Gasteiger partial charge in [-0.25, -0.2) is 8.42 Å². The molecule has 0 saturated carbocycles. The van der Waals surface area contributed by atoms with Gasteiger partial charge in [-0.2, -0.15) is 0 Å². The third kappa shape index (κ3) is 4.49. The summed E-state index contributed by atoms with van der Waals surface area (Å²) in [6.07, 6.45) is 1.64. The fourth-order valence-electron chi connectivity index (χ4n) is 1.80. The standard InChI is InChI=1S/C16H16BrNO4S/c1-3-10-22-13-6-4-12(5-7-13)18-23(19,20)14-8-9-16(21-2)15(17)11-14/h3-9,11,18H,1,10H2,2H3. The van der Waals surface area contributed by atoms with Crippen molar-refractivity contribution in [3.8, 4) is 11.5 Å². The predicted octanol–water partition coefficient (Wildman–Crippen LogP) is 3.82. The lowest BCUT2D eigenvalue weighted by Gasteiger charge is -2.10. The van der Waals surface area contributed by atoms with E-state index in [2.05, 4.69) is 27.2 Å². The van der Waals surface area contributed by atoms with E-state index in [-0.39, 0.29) is 4.90 Å². The minimum atomic E-state index is -3.68. The second kappa shape index (κ2) is 7.52. The molecule has 0 amide bonds. The minimum absolute atomic E-state index is 0.136. The largest absolute Gasteiger partial charge is 0.496 e. The van der Waals surface area contributed by atoms with Crippen LogP contribution in [0.15, 0.2) is 64.5 Å². The first-order valence-corrected chi connectivity index (χ1v) is 8.94. The molecule has 0 fully saturated rings. The van der Waals surface area contributed by atoms with Crippen molar-refractivity contribution in [1.82, 2.24) is 0 Å². The van der Waals surface area contributed by atoms with Gasteiger partial charge in [0.15, 0.2) is 0 Å². The summed E-state index contributed by atoms with van der Waals surface area (Å²) < 4.78 is 38.3. The van der Waals surface area contributed by atoms with Gasteiger partial charge < -0.3 is 9.47 Å². The van der Waals surface area contributed by atoms with E-state index in [1.165, 1.54) is 19.2 Å². The number of hydrogen-bond acceptors (Lipinski definition) is 4. The summed E-state index contributed by atoms with van der Waals surface area (Å²) in [5.41, 5.74) is 0.447. The van der Waals surface area contributed by atoms with Crippen molar-refractivity contribution in [1.29, 1.82) is 0 Å². The number of rotatable bonds is 7. The van der Waals surface area contributed by atoms with Crippen molar-refractivity contribution in [2.24, 2.45) is 0 Å². The number of benzene rings is 2. The molecular weight excluding hydrogens is 382 g/mol. The van der Waals surface area contributed by atoms with Crippen molar-refractivity contribution in [2.75, 3.05) is 18.4 Å². The second-order valence-corrected chi connectivity index (χ2v) is 7.06. The Bertz CT molecular complexity index is 788. The Balaban J connectivity index is 2.17. The number of halogens is 1. The highest BCUT2D eigenvalue weighted by atomic mass is 79.9. The molecule has 0 radical (unpaired) electrons. The highest BCUT2D eigenvalue weighted by Gasteiger charge is 2.16. The van der Waals surface area contributed by atoms with Crippen molar-refractivity contribution in [3.63, 3.8) is 0 Å². The molecule has 7 heteroatoms. The third-order valence-electron chi connectivity index (χ3n) is 2.91. The molecule has 0 aromatic heterocycles. The van der Waals surface area contributed by atoms with Gasteiger partial charge in [0.2, 0.25) is 0 Å². The molecule has 0 unspecified atom stereocenters. The number of sulfonamides is 1. The van der Waals surface area contributed by atoms with Gasteiger partial charge in [0.05, 0.1) is 16.5 Å². The summed E-state index contributed by atoms with van der Waals surface area (Å²) in [6, 6.07) is 11.2. The smallest absolute Gasteiger partial charge is 0.261 e. The quantitative estimate of drug-likeness (QED) is 0.721. The van der Waals surface area contributed by atoms with Crippen LogP contribution in [0.2, 0.25) is 0 Å². The van der Waals surface area contributed by atoms with Crippen LogP contribution in [0, 0.1) is 0 Å². The van der Waals surface area contributed by atoms with Crippen molar-refractivity contribution < 1.29 is 17.9 Å². The van der Waals surface area contributed by atoms with E-state index < -0.39 is 10.0 Å². The van der Waals surface area contributed by atoms with Crippen molar-refractivity contribution in [2.45, 2.75) is 4.90 Å². The molecule has 2 aromatic carbocycles. The lowest BCUT2D eigenvalue weighted by Crippen LogP contribution is -2.13. The molecule has 0 atom stereocenters. The van der Waals surface area contributed by atoms with E-state index in [1.54, 1.807) is 36.4 Å². The van der Waals surface area contributed by atoms with Crippen LogP contribution in [-0.2, 0) is 10.0 Å². The van der Waals surface area contributed by atoms with Crippen LogP contribution >= 0.6 is 15.9 Å². The Morgan fingerprint density at radius 3 is 2.48 bits per heavy atom. The molecule has 0 saturated heterocycles. The summed E-state index contributed by atoms with van der Waals surface area (Å²) in [7, 11) is -2.17. The Labute approximate surface area is 144 Å². The lowest BCUT2D eigenvalue weighted by atomic mass is 10.3. The zero-order valence-corrected chi connectivity index (χ0v) is 14.9. The van der Waals surface area contributed by atoms with Crippen LogP contribution in [0.25, 0.3) is 0 Å². The van der Waals surface area contributed by atoms with E-state index >= 15 is 0 Å². The molecule has 0 bridgehead atoms. The fraction of sp³-hybridized carbons (Fsp3) is 0.125. The maximum Gasteiger partial charge on any atom is 0.261 e. The summed E-state index contributed by atoms with van der Waals surface area (Å²) in [5, 5.41) is 0. The Kier molecular flexibility index (Phi) is 5.68. The van der Waals surface area contributed by atoms with Crippen molar-refractivity contribution in [3.05, 3.63) is 59.6 Å². The summed E-state index contributed by atoms with van der Waals surface area (Å²) in [6.45, 7) is 3.96. The van der Waals surface area contributed by atoms with Crippen LogP contribution in [-0.4, -0.2) is 22.1 Å². The van der Waals surface area contributed by atoms with Gasteiger partial charge in [0.1, 0.15) is 18.1 Å². The topological polar surface area (TPSA) is 64.6 Å². The second-order valence-electron chi connectivity index (χ2n) is 4.53. The van der Waals surface area contributed by atoms with E-state index in [1.807, 2.05) is 0 Å². The maximum absolute atomic E-state index is 12.4. The molecule has 2 rings (SSSR count). The predicted molar refractivity (Wildman–Crippen MR) is 93.6 cm³/mol. The summed E-state index contributed by atoms with van der Waals surface area (Å²) in [4.78, 5) is 0.136. The van der Waals surface area contributed by atoms with Gasteiger partial charge >= 0.3 is 0 Å². The number of hydrogen-bond donors (Lipinski definition) is 1. The first kappa shape index (κ1) is 17.4. The number of methoxy groups -OCH3 is 1. The average molecular weight is 398 g/mol. The molecule has 5 nitrogen and oxygen atoms in total. The molecule has 1 N–H and O–H groups in total. The highest BCUT2D eigenvalue weighted by Crippen LogP contribution is 2.28. The zero-order chi connectivity index (χ0) is 16.9. The first-order chi connectivity index (χ1) is 11.0. The van der Waals surface area contributed by atoms with Crippen molar-refractivity contribution >= 4 is 31.6 Å². The number of nitrogens with one attached hydrogen (secondary N) is 1. The lowest BCUT2D eigenvalue weighted by molar-refractivity contribution is 0.363. The molecule has 23 heavy (non-hydrogen) atoms. The van der Waals surface area contributed by atoms with E-state index in [0.29, 0.717) is 28.3 Å². The first-order valence-electron chi connectivity index (χ1n) is 6.66. The Morgan fingerprint density at radius 1 is 1.22 bits per heavy atom. The van der Waals surface area contributed by atoms with Crippen LogP contribution in [0.4, 0.5) is 5.69 Å². The molecule has 122 valence electrons. The van der Waals surface area contributed by atoms with E-state index in [9.17, 15) is 8.42 Å². The van der Waals surface area contributed by atoms with Gasteiger partial charge in [-0.15, -0.1) is 0 Å². The van der Waals surface area contributed by atoms with Crippen LogP contribution in [0.5, 0.6) is 11.5 Å². The zero-order valence-electron chi connectivity index (χ0n) is 12.5. The van der Waals surface area contributed by atoms with Gasteiger partial charge in [0, 0.05) is 5.69 Å². The molecule has 0 aliphatic carbocycles. The molecule has 2 aromatic rings. The molecule has 0 heterocycles.